The largest absolute Gasteiger partial charge is 0.375 e. The molecule has 1 fully saturated rings. The van der Waals surface area contributed by atoms with Gasteiger partial charge in [-0.2, -0.15) is 0 Å². The van der Waals surface area contributed by atoms with Gasteiger partial charge in [0.05, 0.1) is 0 Å². The molecule has 13 heavy (non-hydrogen) atoms. The summed E-state index contributed by atoms with van der Waals surface area (Å²) in [7, 11) is 0. The Morgan fingerprint density at radius 2 is 1.69 bits per heavy atom. The van der Waals surface area contributed by atoms with Gasteiger partial charge in [0.15, 0.2) is 0 Å². The summed E-state index contributed by atoms with van der Waals surface area (Å²) >= 11 is 0. The maximum atomic E-state index is 2.61. The molecule has 2 aliphatic rings. The second-order valence-corrected chi connectivity index (χ2v) is 4.19. The molecule has 1 heteroatoms. The fourth-order valence-electron chi connectivity index (χ4n) is 2.33. The van der Waals surface area contributed by atoms with Gasteiger partial charge in [-0.1, -0.05) is 18.9 Å². The Bertz CT molecular complexity index is 176. The van der Waals surface area contributed by atoms with Gasteiger partial charge in [-0.25, -0.2) is 0 Å². The van der Waals surface area contributed by atoms with Crippen LogP contribution in [0.5, 0.6) is 0 Å². The van der Waals surface area contributed by atoms with Crippen LogP contribution in [0.4, 0.5) is 0 Å². The predicted molar refractivity (Wildman–Crippen MR) is 56.3 cm³/mol. The zero-order valence-electron chi connectivity index (χ0n) is 8.47. The van der Waals surface area contributed by atoms with Crippen molar-refractivity contribution in [3.8, 4) is 0 Å². The first-order chi connectivity index (χ1) is 6.47. The Hall–Kier alpha value is -0.460. The van der Waals surface area contributed by atoms with Gasteiger partial charge >= 0.3 is 0 Å². The van der Waals surface area contributed by atoms with E-state index in [4.69, 9.17) is 0 Å². The van der Waals surface area contributed by atoms with E-state index in [1.165, 1.54) is 58.0 Å². The summed E-state index contributed by atoms with van der Waals surface area (Å²) in [5, 5.41) is 0. The third kappa shape index (κ3) is 2.49. The second-order valence-electron chi connectivity index (χ2n) is 4.19. The van der Waals surface area contributed by atoms with Gasteiger partial charge in [-0.05, 0) is 38.5 Å². The number of nitrogens with zero attached hydrogens (tertiary/aromatic N) is 1. The van der Waals surface area contributed by atoms with Crippen LogP contribution in [0.15, 0.2) is 11.8 Å². The molecular formula is C12H20N. The molecule has 0 unspecified atom stereocenters. The molecule has 0 bridgehead atoms. The molecule has 0 aromatic heterocycles. The zero-order valence-corrected chi connectivity index (χ0v) is 8.47. The van der Waals surface area contributed by atoms with E-state index < -0.39 is 0 Å². The summed E-state index contributed by atoms with van der Waals surface area (Å²) < 4.78 is 0. The highest BCUT2D eigenvalue weighted by atomic mass is 15.1. The minimum atomic E-state index is 1.29. The lowest BCUT2D eigenvalue weighted by Gasteiger charge is -2.27. The number of hydrogen-bond donors (Lipinski definition) is 0. The summed E-state index contributed by atoms with van der Waals surface area (Å²) in [4.78, 5) is 2.61. The summed E-state index contributed by atoms with van der Waals surface area (Å²) in [6.07, 6.45) is 14.3. The summed E-state index contributed by atoms with van der Waals surface area (Å²) in [5.41, 5.74) is 1.60. The molecule has 0 N–H and O–H groups in total. The molecule has 0 atom stereocenters. The summed E-state index contributed by atoms with van der Waals surface area (Å²) in [5.74, 6) is 0. The maximum absolute atomic E-state index is 2.61. The van der Waals surface area contributed by atoms with E-state index in [-0.39, 0.29) is 0 Å². The molecule has 1 saturated heterocycles. The van der Waals surface area contributed by atoms with Crippen molar-refractivity contribution in [2.75, 3.05) is 13.1 Å². The smallest absolute Gasteiger partial charge is 0.0174 e. The Morgan fingerprint density at radius 3 is 2.31 bits per heavy atom. The topological polar surface area (TPSA) is 3.24 Å². The maximum Gasteiger partial charge on any atom is 0.0174 e. The van der Waals surface area contributed by atoms with Gasteiger partial charge in [0.25, 0.3) is 0 Å². The van der Waals surface area contributed by atoms with E-state index in [0.29, 0.717) is 0 Å². The van der Waals surface area contributed by atoms with E-state index in [2.05, 4.69) is 17.4 Å². The van der Waals surface area contributed by atoms with Gasteiger partial charge in [0.1, 0.15) is 0 Å². The Kier molecular flexibility index (Phi) is 3.28. The predicted octanol–water partition coefficient (Wildman–Crippen LogP) is 3.13. The van der Waals surface area contributed by atoms with E-state index in [9.17, 15) is 0 Å². The molecule has 1 nitrogen and oxygen atoms in total. The lowest BCUT2D eigenvalue weighted by atomic mass is 10.0. The molecule has 73 valence electrons. The lowest BCUT2D eigenvalue weighted by molar-refractivity contribution is 0.339. The van der Waals surface area contributed by atoms with E-state index in [1.807, 2.05) is 0 Å². The third-order valence-corrected chi connectivity index (χ3v) is 3.13. The number of rotatable bonds is 1. The Labute approximate surface area is 81.8 Å². The fourth-order valence-corrected chi connectivity index (χ4v) is 2.33. The van der Waals surface area contributed by atoms with Gasteiger partial charge in [-0.3, -0.25) is 0 Å². The minimum Gasteiger partial charge on any atom is -0.375 e. The average molecular weight is 178 g/mol. The first-order valence-electron chi connectivity index (χ1n) is 5.74. The van der Waals surface area contributed by atoms with Crippen LogP contribution in [0.3, 0.4) is 0 Å². The monoisotopic (exact) mass is 178 g/mol. The molecule has 1 aliphatic carbocycles. The Morgan fingerprint density at radius 1 is 0.923 bits per heavy atom. The standard InChI is InChI=1S/C12H20N/c1-2-7-11-13(10-6-1)12-8-4-3-5-9-12/h4,8H,1-3,5-7,9-11H2. The SMILES string of the molecule is [CH]1C=C(N2CCCCCC2)CCC1. The van der Waals surface area contributed by atoms with Crippen molar-refractivity contribution in [1.82, 2.24) is 4.90 Å². The van der Waals surface area contributed by atoms with Crippen LogP contribution < -0.4 is 0 Å². The molecule has 0 aromatic rings. The van der Waals surface area contributed by atoms with E-state index >= 15 is 0 Å². The van der Waals surface area contributed by atoms with Crippen LogP contribution in [0.25, 0.3) is 0 Å². The van der Waals surface area contributed by atoms with Crippen molar-refractivity contribution in [2.45, 2.75) is 44.9 Å². The van der Waals surface area contributed by atoms with Crippen LogP contribution in [-0.2, 0) is 0 Å². The Balaban J connectivity index is 1.92. The molecule has 1 radical (unpaired) electrons. The first-order valence-corrected chi connectivity index (χ1v) is 5.74. The van der Waals surface area contributed by atoms with Crippen molar-refractivity contribution in [3.63, 3.8) is 0 Å². The molecule has 0 spiro atoms. The van der Waals surface area contributed by atoms with Gasteiger partial charge in [0, 0.05) is 18.8 Å². The van der Waals surface area contributed by atoms with Crippen molar-refractivity contribution < 1.29 is 0 Å². The average Bonchev–Trinajstić information content (AvgIpc) is 2.47. The van der Waals surface area contributed by atoms with Crippen LogP contribution in [0.2, 0.25) is 0 Å². The van der Waals surface area contributed by atoms with Crippen molar-refractivity contribution in [1.29, 1.82) is 0 Å². The summed E-state index contributed by atoms with van der Waals surface area (Å²) in [6.45, 7) is 2.61. The third-order valence-electron chi connectivity index (χ3n) is 3.13. The van der Waals surface area contributed by atoms with Crippen molar-refractivity contribution in [3.05, 3.63) is 18.2 Å². The molecule has 0 amide bonds. The van der Waals surface area contributed by atoms with Gasteiger partial charge in [0.2, 0.25) is 0 Å². The van der Waals surface area contributed by atoms with Crippen LogP contribution in [0, 0.1) is 6.42 Å². The van der Waals surface area contributed by atoms with Crippen molar-refractivity contribution >= 4 is 0 Å². The molecule has 2 rings (SSSR count). The highest BCUT2D eigenvalue weighted by Crippen LogP contribution is 2.23. The molecule has 1 heterocycles. The van der Waals surface area contributed by atoms with E-state index in [0.717, 1.165) is 0 Å². The van der Waals surface area contributed by atoms with Crippen LogP contribution in [-0.4, -0.2) is 18.0 Å². The van der Waals surface area contributed by atoms with Gasteiger partial charge in [-0.15, -0.1) is 0 Å². The second kappa shape index (κ2) is 4.69. The first kappa shape index (κ1) is 9.11. The van der Waals surface area contributed by atoms with Crippen LogP contribution >= 0.6 is 0 Å². The molecule has 0 aromatic carbocycles. The lowest BCUT2D eigenvalue weighted by Crippen LogP contribution is -2.24. The number of allylic oxidation sites excluding steroid dienone is 2. The van der Waals surface area contributed by atoms with E-state index in [1.54, 1.807) is 5.70 Å². The van der Waals surface area contributed by atoms with Gasteiger partial charge < -0.3 is 4.90 Å². The fraction of sp³-hybridized carbons (Fsp3) is 0.750. The highest BCUT2D eigenvalue weighted by molar-refractivity contribution is 5.11. The normalized spacial score (nSPS) is 25.2. The number of hydrogen-bond acceptors (Lipinski definition) is 1. The van der Waals surface area contributed by atoms with Crippen molar-refractivity contribution in [2.24, 2.45) is 0 Å². The van der Waals surface area contributed by atoms with Crippen LogP contribution in [0.1, 0.15) is 44.9 Å². The molecule has 0 saturated carbocycles. The molecule has 1 aliphatic heterocycles. The minimum absolute atomic E-state index is 1.29. The summed E-state index contributed by atoms with van der Waals surface area (Å²) in [6, 6.07) is 0. The number of likely N-dealkylation sites (tertiary alicyclic amines) is 1. The zero-order chi connectivity index (χ0) is 8.93. The quantitative estimate of drug-likeness (QED) is 0.596. The highest BCUT2D eigenvalue weighted by Gasteiger charge is 2.13. The molecular weight excluding hydrogens is 158 g/mol.